The Morgan fingerprint density at radius 2 is 1.71 bits per heavy atom. The number of halogens is 1. The molecule has 2 heterocycles. The van der Waals surface area contributed by atoms with Crippen LogP contribution in [0.5, 0.6) is 11.5 Å². The van der Waals surface area contributed by atoms with E-state index in [4.69, 9.17) is 9.47 Å². The monoisotopic (exact) mass is 426 g/mol. The van der Waals surface area contributed by atoms with Crippen molar-refractivity contribution in [2.45, 2.75) is 18.8 Å². The molecule has 2 aromatic carbocycles. The van der Waals surface area contributed by atoms with E-state index in [2.05, 4.69) is 0 Å². The molecule has 2 aromatic rings. The molecule has 0 aromatic heterocycles. The molecule has 0 aliphatic carbocycles. The van der Waals surface area contributed by atoms with Gasteiger partial charge in [-0.1, -0.05) is 18.2 Å². The molecule has 2 atom stereocenters. The number of ether oxygens (including phenoxy) is 2. The number of benzene rings is 2. The summed E-state index contributed by atoms with van der Waals surface area (Å²) in [6, 6.07) is 11.5. The summed E-state index contributed by atoms with van der Waals surface area (Å²) in [5.41, 5.74) is 0.877. The van der Waals surface area contributed by atoms with Gasteiger partial charge in [-0.25, -0.2) is 4.39 Å². The van der Waals surface area contributed by atoms with Gasteiger partial charge >= 0.3 is 0 Å². The predicted molar refractivity (Wildman–Crippen MR) is 114 cm³/mol. The smallest absolute Gasteiger partial charge is 0.256 e. The van der Waals surface area contributed by atoms with E-state index in [1.807, 2.05) is 17.0 Å². The molecule has 0 bridgehead atoms. The van der Waals surface area contributed by atoms with Crippen LogP contribution in [0, 0.1) is 11.7 Å². The Kier molecular flexibility index (Phi) is 6.11. The number of methoxy groups -OCH3 is 2. The van der Waals surface area contributed by atoms with Crippen molar-refractivity contribution in [3.63, 3.8) is 0 Å². The van der Waals surface area contributed by atoms with E-state index >= 15 is 0 Å². The summed E-state index contributed by atoms with van der Waals surface area (Å²) in [5, 5.41) is 0. The number of carbonyl (C=O) groups excluding carboxylic acids is 2. The third kappa shape index (κ3) is 4.09. The number of hydrogen-bond acceptors (Lipinski definition) is 4. The number of rotatable bonds is 5. The zero-order valence-electron chi connectivity index (χ0n) is 17.8. The maximum atomic E-state index is 14.3. The van der Waals surface area contributed by atoms with E-state index in [-0.39, 0.29) is 23.9 Å². The van der Waals surface area contributed by atoms with E-state index in [0.29, 0.717) is 18.0 Å². The van der Waals surface area contributed by atoms with E-state index < -0.39 is 17.6 Å². The first kappa shape index (κ1) is 21.2. The average Bonchev–Trinajstić information content (AvgIpc) is 3.48. The lowest BCUT2D eigenvalue weighted by Crippen LogP contribution is -2.37. The molecular weight excluding hydrogens is 399 g/mol. The minimum absolute atomic E-state index is 0.0252. The Balaban J connectivity index is 1.68. The fourth-order valence-electron chi connectivity index (χ4n) is 4.64. The minimum atomic E-state index is -0.555. The number of amides is 2. The largest absolute Gasteiger partial charge is 0.497 e. The van der Waals surface area contributed by atoms with Gasteiger partial charge in [-0.15, -0.1) is 0 Å². The van der Waals surface area contributed by atoms with Crippen molar-refractivity contribution in [1.82, 2.24) is 9.80 Å². The second-order valence-electron chi connectivity index (χ2n) is 8.04. The summed E-state index contributed by atoms with van der Waals surface area (Å²) < 4.78 is 25.1. The van der Waals surface area contributed by atoms with Crippen molar-refractivity contribution >= 4 is 11.8 Å². The van der Waals surface area contributed by atoms with Crippen LogP contribution >= 0.6 is 0 Å². The molecule has 0 N–H and O–H groups in total. The Morgan fingerprint density at radius 3 is 2.39 bits per heavy atom. The minimum Gasteiger partial charge on any atom is -0.497 e. The summed E-state index contributed by atoms with van der Waals surface area (Å²) in [6.07, 6.45) is 1.99. The maximum absolute atomic E-state index is 14.3. The zero-order valence-corrected chi connectivity index (χ0v) is 17.8. The molecule has 2 aliphatic rings. The van der Waals surface area contributed by atoms with Crippen molar-refractivity contribution in [2.75, 3.05) is 40.4 Å². The van der Waals surface area contributed by atoms with E-state index in [0.717, 1.165) is 31.5 Å². The van der Waals surface area contributed by atoms with Crippen LogP contribution in [0.15, 0.2) is 42.5 Å². The standard InChI is InChI=1S/C24H27FN2O4/c1-30-16-9-10-17(22(13-16)31-2)19-14-27(23(28)18-7-3-4-8-21(18)25)15-20(19)24(29)26-11-5-6-12-26/h3-4,7-10,13,19-20H,5-6,11-12,14-15H2,1-2H3/t19-,20+/m0/s1. The fourth-order valence-corrected chi connectivity index (χ4v) is 4.64. The van der Waals surface area contributed by atoms with Crippen molar-refractivity contribution < 1.29 is 23.5 Å². The Hall–Kier alpha value is -3.09. The van der Waals surface area contributed by atoms with Gasteiger partial charge in [0.15, 0.2) is 0 Å². The van der Waals surface area contributed by atoms with Gasteiger partial charge in [0.2, 0.25) is 5.91 Å². The lowest BCUT2D eigenvalue weighted by atomic mass is 9.87. The van der Waals surface area contributed by atoms with Crippen LogP contribution < -0.4 is 9.47 Å². The molecule has 2 fully saturated rings. The van der Waals surface area contributed by atoms with Crippen molar-refractivity contribution in [1.29, 1.82) is 0 Å². The highest BCUT2D eigenvalue weighted by atomic mass is 19.1. The summed E-state index contributed by atoms with van der Waals surface area (Å²) in [4.78, 5) is 29.9. The molecular formula is C24H27FN2O4. The lowest BCUT2D eigenvalue weighted by Gasteiger charge is -2.25. The molecule has 0 spiro atoms. The fraction of sp³-hybridized carbons (Fsp3) is 0.417. The maximum Gasteiger partial charge on any atom is 0.256 e. The molecule has 2 aliphatic heterocycles. The van der Waals surface area contributed by atoms with Gasteiger partial charge in [0.1, 0.15) is 17.3 Å². The Labute approximate surface area is 181 Å². The normalized spacial score (nSPS) is 20.7. The predicted octanol–water partition coefficient (Wildman–Crippen LogP) is 3.32. The molecule has 2 amide bonds. The van der Waals surface area contributed by atoms with E-state index in [1.54, 1.807) is 37.3 Å². The molecule has 7 heteroatoms. The van der Waals surface area contributed by atoms with Crippen LogP contribution in [0.2, 0.25) is 0 Å². The topological polar surface area (TPSA) is 59.1 Å². The van der Waals surface area contributed by atoms with Crippen LogP contribution in [0.1, 0.15) is 34.7 Å². The van der Waals surface area contributed by atoms with E-state index in [9.17, 15) is 14.0 Å². The lowest BCUT2D eigenvalue weighted by molar-refractivity contribution is -0.134. The first-order valence-electron chi connectivity index (χ1n) is 10.6. The average molecular weight is 426 g/mol. The second kappa shape index (κ2) is 8.96. The highest BCUT2D eigenvalue weighted by Crippen LogP contribution is 2.40. The molecule has 0 unspecified atom stereocenters. The van der Waals surface area contributed by atoms with Gasteiger partial charge in [-0.3, -0.25) is 9.59 Å². The number of likely N-dealkylation sites (tertiary alicyclic amines) is 2. The number of carbonyl (C=O) groups is 2. The molecule has 0 radical (unpaired) electrons. The van der Waals surface area contributed by atoms with Crippen molar-refractivity contribution in [2.24, 2.45) is 5.92 Å². The molecule has 6 nitrogen and oxygen atoms in total. The van der Waals surface area contributed by atoms with Crippen LogP contribution in [0.4, 0.5) is 4.39 Å². The van der Waals surface area contributed by atoms with Gasteiger partial charge in [0.05, 0.1) is 25.7 Å². The molecule has 2 saturated heterocycles. The molecule has 4 rings (SSSR count). The van der Waals surface area contributed by atoms with Gasteiger partial charge < -0.3 is 19.3 Å². The quantitative estimate of drug-likeness (QED) is 0.736. The van der Waals surface area contributed by atoms with Gasteiger partial charge in [0.25, 0.3) is 5.91 Å². The molecule has 31 heavy (non-hydrogen) atoms. The van der Waals surface area contributed by atoms with Gasteiger partial charge in [-0.2, -0.15) is 0 Å². The van der Waals surface area contributed by atoms with Crippen molar-refractivity contribution in [3.8, 4) is 11.5 Å². The first-order chi connectivity index (χ1) is 15.0. The first-order valence-corrected chi connectivity index (χ1v) is 10.6. The number of nitrogens with zero attached hydrogens (tertiary/aromatic N) is 2. The Bertz CT molecular complexity index is 974. The molecule has 164 valence electrons. The zero-order chi connectivity index (χ0) is 22.0. The third-order valence-electron chi connectivity index (χ3n) is 6.29. The summed E-state index contributed by atoms with van der Waals surface area (Å²) in [6.45, 7) is 2.05. The van der Waals surface area contributed by atoms with Crippen LogP contribution in [-0.2, 0) is 4.79 Å². The van der Waals surface area contributed by atoms with Crippen LogP contribution in [-0.4, -0.2) is 62.0 Å². The van der Waals surface area contributed by atoms with Gasteiger partial charge in [-0.05, 0) is 31.0 Å². The third-order valence-corrected chi connectivity index (χ3v) is 6.29. The van der Waals surface area contributed by atoms with Crippen LogP contribution in [0.25, 0.3) is 0 Å². The highest BCUT2D eigenvalue weighted by Gasteiger charge is 2.44. The SMILES string of the molecule is COc1ccc([C@@H]2CN(C(=O)c3ccccc3F)C[C@H]2C(=O)N2CCCC2)c(OC)c1. The summed E-state index contributed by atoms with van der Waals surface area (Å²) in [7, 11) is 3.16. The summed E-state index contributed by atoms with van der Waals surface area (Å²) >= 11 is 0. The molecule has 0 saturated carbocycles. The Morgan fingerprint density at radius 1 is 0.968 bits per heavy atom. The highest BCUT2D eigenvalue weighted by molar-refractivity contribution is 5.95. The van der Waals surface area contributed by atoms with Crippen LogP contribution in [0.3, 0.4) is 0 Å². The van der Waals surface area contributed by atoms with Crippen molar-refractivity contribution in [3.05, 3.63) is 59.4 Å². The van der Waals surface area contributed by atoms with Gasteiger partial charge in [0, 0.05) is 43.7 Å². The summed E-state index contributed by atoms with van der Waals surface area (Å²) in [5.74, 6) is -0.290. The van der Waals surface area contributed by atoms with E-state index in [1.165, 1.54) is 12.1 Å². The second-order valence-corrected chi connectivity index (χ2v) is 8.04. The number of hydrogen-bond donors (Lipinski definition) is 0.